The first-order valence-corrected chi connectivity index (χ1v) is 10.2. The number of hydrogen-bond donors (Lipinski definition) is 1. The van der Waals surface area contributed by atoms with Crippen molar-refractivity contribution >= 4 is 27.3 Å². The van der Waals surface area contributed by atoms with E-state index in [0.717, 1.165) is 16.8 Å². The molecule has 0 aliphatic carbocycles. The summed E-state index contributed by atoms with van der Waals surface area (Å²) >= 11 is 0. The first-order valence-electron chi connectivity index (χ1n) is 8.74. The highest BCUT2D eigenvalue weighted by molar-refractivity contribution is 7.92. The second kappa shape index (κ2) is 6.76. The molecule has 0 radical (unpaired) electrons. The topological polar surface area (TPSA) is 66.5 Å². The van der Waals surface area contributed by atoms with Crippen molar-refractivity contribution in [1.82, 2.24) is 0 Å². The summed E-state index contributed by atoms with van der Waals surface area (Å²) in [5, 5.41) is 0. The highest BCUT2D eigenvalue weighted by Crippen LogP contribution is 2.34. The van der Waals surface area contributed by atoms with Crippen LogP contribution in [0.5, 0.6) is 0 Å². The third-order valence-corrected chi connectivity index (χ3v) is 6.12. The molecule has 5 nitrogen and oxygen atoms in total. The van der Waals surface area contributed by atoms with Crippen LogP contribution in [0, 0.1) is 0 Å². The van der Waals surface area contributed by atoms with Gasteiger partial charge in [-0.3, -0.25) is 9.52 Å². The van der Waals surface area contributed by atoms with Gasteiger partial charge in [-0.15, -0.1) is 0 Å². The van der Waals surface area contributed by atoms with Crippen molar-refractivity contribution in [2.45, 2.75) is 51.0 Å². The van der Waals surface area contributed by atoms with Crippen LogP contribution in [0.2, 0.25) is 0 Å². The van der Waals surface area contributed by atoms with E-state index in [1.54, 1.807) is 35.2 Å². The molecule has 3 rings (SSSR count). The van der Waals surface area contributed by atoms with Gasteiger partial charge in [0.15, 0.2) is 0 Å². The van der Waals surface area contributed by atoms with Crippen molar-refractivity contribution in [2.75, 3.05) is 9.62 Å². The largest absolute Gasteiger partial charge is 0.309 e. The van der Waals surface area contributed by atoms with Gasteiger partial charge in [-0.25, -0.2) is 8.42 Å². The van der Waals surface area contributed by atoms with Crippen LogP contribution in [-0.4, -0.2) is 20.4 Å². The molecule has 0 saturated heterocycles. The van der Waals surface area contributed by atoms with Gasteiger partial charge in [-0.05, 0) is 60.7 Å². The zero-order valence-electron chi connectivity index (χ0n) is 15.5. The molecule has 0 fully saturated rings. The maximum absolute atomic E-state index is 12.7. The molecule has 1 aliphatic heterocycles. The van der Waals surface area contributed by atoms with Crippen molar-refractivity contribution in [3.8, 4) is 0 Å². The first-order chi connectivity index (χ1) is 12.2. The first kappa shape index (κ1) is 18.5. The van der Waals surface area contributed by atoms with E-state index in [4.69, 9.17) is 0 Å². The second-order valence-electron chi connectivity index (χ2n) is 7.11. The van der Waals surface area contributed by atoms with Gasteiger partial charge in [0.05, 0.1) is 4.90 Å². The predicted molar refractivity (Wildman–Crippen MR) is 104 cm³/mol. The smallest absolute Gasteiger partial charge is 0.261 e. The summed E-state index contributed by atoms with van der Waals surface area (Å²) in [6.45, 7) is 7.67. The Morgan fingerprint density at radius 2 is 1.81 bits per heavy atom. The minimum atomic E-state index is -3.68. The van der Waals surface area contributed by atoms with Crippen LogP contribution in [0.4, 0.5) is 11.4 Å². The number of nitrogens with one attached hydrogen (secondary N) is 1. The normalized spacial score (nSPS) is 16.7. The van der Waals surface area contributed by atoms with Crippen molar-refractivity contribution in [1.29, 1.82) is 0 Å². The molecule has 1 aliphatic rings. The van der Waals surface area contributed by atoms with Crippen molar-refractivity contribution in [2.24, 2.45) is 0 Å². The van der Waals surface area contributed by atoms with Gasteiger partial charge < -0.3 is 4.90 Å². The molecule has 1 atom stereocenters. The molecule has 6 heteroatoms. The zero-order chi connectivity index (χ0) is 19.1. The number of nitrogens with zero attached hydrogens (tertiary/aromatic N) is 1. The van der Waals surface area contributed by atoms with Crippen molar-refractivity contribution < 1.29 is 13.2 Å². The fourth-order valence-electron chi connectivity index (χ4n) is 3.40. The number of benzene rings is 2. The maximum atomic E-state index is 12.7. The summed E-state index contributed by atoms with van der Waals surface area (Å²) in [5.41, 5.74) is 3.37. The molecule has 1 heterocycles. The third-order valence-electron chi connectivity index (χ3n) is 4.75. The summed E-state index contributed by atoms with van der Waals surface area (Å²) in [6, 6.07) is 12.4. The predicted octanol–water partition coefficient (Wildman–Crippen LogP) is 3.91. The number of amides is 1. The van der Waals surface area contributed by atoms with E-state index in [2.05, 4.69) is 18.6 Å². The second-order valence-corrected chi connectivity index (χ2v) is 8.80. The summed E-state index contributed by atoms with van der Waals surface area (Å²) in [7, 11) is -3.68. The quantitative estimate of drug-likeness (QED) is 0.885. The molecule has 0 saturated carbocycles. The van der Waals surface area contributed by atoms with E-state index in [-0.39, 0.29) is 16.8 Å². The summed E-state index contributed by atoms with van der Waals surface area (Å²) in [5.74, 6) is 0.360. The highest BCUT2D eigenvalue weighted by Gasteiger charge is 2.30. The molecule has 2 aromatic carbocycles. The van der Waals surface area contributed by atoms with Gasteiger partial charge in [-0.2, -0.15) is 0 Å². The number of rotatable bonds is 4. The lowest BCUT2D eigenvalue weighted by Crippen LogP contribution is -2.33. The molecule has 1 N–H and O–H groups in total. The van der Waals surface area contributed by atoms with Crippen LogP contribution in [0.15, 0.2) is 47.4 Å². The van der Waals surface area contributed by atoms with Gasteiger partial charge in [0.2, 0.25) is 5.91 Å². The number of carbonyl (C=O) groups is 1. The average molecular weight is 372 g/mol. The van der Waals surface area contributed by atoms with Crippen LogP contribution in [0.3, 0.4) is 0 Å². The van der Waals surface area contributed by atoms with Crippen LogP contribution in [0.25, 0.3) is 0 Å². The van der Waals surface area contributed by atoms with Gasteiger partial charge in [0.1, 0.15) is 0 Å². The number of sulfonamides is 1. The zero-order valence-corrected chi connectivity index (χ0v) is 16.3. The Hall–Kier alpha value is -2.34. The maximum Gasteiger partial charge on any atom is 0.261 e. The Labute approximate surface area is 155 Å². The van der Waals surface area contributed by atoms with Crippen LogP contribution in [0.1, 0.15) is 44.7 Å². The summed E-state index contributed by atoms with van der Waals surface area (Å²) in [4.78, 5) is 13.7. The van der Waals surface area contributed by atoms with E-state index in [9.17, 15) is 13.2 Å². The molecule has 1 amide bonds. The number of anilines is 2. The Morgan fingerprint density at radius 3 is 2.38 bits per heavy atom. The SMILES string of the molecule is CC(=O)N1c2ccc(S(=O)(=O)Nc3ccc(C(C)C)cc3)cc2CC1C. The summed E-state index contributed by atoms with van der Waals surface area (Å²) < 4.78 is 28.1. The Kier molecular flexibility index (Phi) is 4.80. The number of fused-ring (bicyclic) bond motifs is 1. The lowest BCUT2D eigenvalue weighted by atomic mass is 10.0. The summed E-state index contributed by atoms with van der Waals surface area (Å²) in [6.07, 6.45) is 0.654. The van der Waals surface area contributed by atoms with Crippen molar-refractivity contribution in [3.05, 3.63) is 53.6 Å². The van der Waals surface area contributed by atoms with Crippen LogP contribution in [-0.2, 0) is 21.2 Å². The Morgan fingerprint density at radius 1 is 1.15 bits per heavy atom. The standard InChI is InChI=1S/C20H24N2O3S/c1-13(2)16-5-7-18(8-6-16)21-26(24,25)19-9-10-20-17(12-19)11-14(3)22(20)15(4)23/h5-10,12-14,21H,11H2,1-4H3. The average Bonchev–Trinajstić information content (AvgIpc) is 2.89. The molecule has 0 bridgehead atoms. The Balaban J connectivity index is 1.87. The van der Waals surface area contributed by atoms with E-state index in [1.165, 1.54) is 6.92 Å². The lowest BCUT2D eigenvalue weighted by molar-refractivity contribution is -0.116. The fraction of sp³-hybridized carbons (Fsp3) is 0.350. The molecule has 138 valence electrons. The molecular weight excluding hydrogens is 348 g/mol. The third kappa shape index (κ3) is 3.46. The minimum absolute atomic E-state index is 0.0322. The van der Waals surface area contributed by atoms with Gasteiger partial charge >= 0.3 is 0 Å². The minimum Gasteiger partial charge on any atom is -0.309 e. The molecular formula is C20H24N2O3S. The molecule has 0 spiro atoms. The Bertz CT molecular complexity index is 934. The van der Waals surface area contributed by atoms with Crippen LogP contribution < -0.4 is 9.62 Å². The van der Waals surface area contributed by atoms with Crippen LogP contribution >= 0.6 is 0 Å². The molecule has 26 heavy (non-hydrogen) atoms. The number of carbonyl (C=O) groups excluding carboxylic acids is 1. The number of hydrogen-bond acceptors (Lipinski definition) is 3. The molecule has 2 aromatic rings. The van der Waals surface area contributed by atoms with E-state index in [0.29, 0.717) is 18.0 Å². The van der Waals surface area contributed by atoms with Gasteiger partial charge in [0, 0.05) is 24.3 Å². The van der Waals surface area contributed by atoms with E-state index < -0.39 is 10.0 Å². The van der Waals surface area contributed by atoms with E-state index >= 15 is 0 Å². The fourth-order valence-corrected chi connectivity index (χ4v) is 4.51. The molecule has 0 aromatic heterocycles. The van der Waals surface area contributed by atoms with Crippen molar-refractivity contribution in [3.63, 3.8) is 0 Å². The lowest BCUT2D eigenvalue weighted by Gasteiger charge is -2.20. The highest BCUT2D eigenvalue weighted by atomic mass is 32.2. The monoisotopic (exact) mass is 372 g/mol. The van der Waals surface area contributed by atoms with E-state index in [1.807, 2.05) is 19.1 Å². The van der Waals surface area contributed by atoms with Gasteiger partial charge in [0.25, 0.3) is 10.0 Å². The molecule has 1 unspecified atom stereocenters. The van der Waals surface area contributed by atoms with Gasteiger partial charge in [-0.1, -0.05) is 26.0 Å².